The van der Waals surface area contributed by atoms with Gasteiger partial charge in [0.2, 0.25) is 0 Å². The average molecular weight is 348 g/mol. The van der Waals surface area contributed by atoms with E-state index in [4.69, 9.17) is 0 Å². The first-order valence-corrected chi connectivity index (χ1v) is 8.89. The predicted octanol–water partition coefficient (Wildman–Crippen LogP) is 2.90. The Morgan fingerprint density at radius 1 is 0.885 bits per heavy atom. The summed E-state index contributed by atoms with van der Waals surface area (Å²) in [6.07, 6.45) is 1.23. The minimum Gasteiger partial charge on any atom is -0.338 e. The minimum atomic E-state index is -0.214. The van der Waals surface area contributed by atoms with Gasteiger partial charge in [-0.25, -0.2) is 0 Å². The Balaban J connectivity index is 1.44. The van der Waals surface area contributed by atoms with Crippen molar-refractivity contribution in [3.05, 3.63) is 70.8 Å². The van der Waals surface area contributed by atoms with Gasteiger partial charge in [-0.1, -0.05) is 29.8 Å². The number of carbonyl (C=O) groups excluding carboxylic acids is 3. The molecule has 0 aromatic heterocycles. The lowest BCUT2D eigenvalue weighted by Gasteiger charge is -2.35. The molecule has 1 saturated heterocycles. The van der Waals surface area contributed by atoms with Gasteiger partial charge in [-0.3, -0.25) is 19.3 Å². The normalized spacial score (nSPS) is 17.6. The second-order valence-corrected chi connectivity index (χ2v) is 6.92. The highest BCUT2D eigenvalue weighted by molar-refractivity contribution is 6.21. The van der Waals surface area contributed by atoms with Crippen LogP contribution in [0.3, 0.4) is 0 Å². The van der Waals surface area contributed by atoms with Crippen LogP contribution in [0.2, 0.25) is 0 Å². The van der Waals surface area contributed by atoms with Gasteiger partial charge in [-0.2, -0.15) is 0 Å². The van der Waals surface area contributed by atoms with Crippen molar-refractivity contribution < 1.29 is 14.4 Å². The zero-order valence-electron chi connectivity index (χ0n) is 14.6. The average Bonchev–Trinajstić information content (AvgIpc) is 2.93. The number of rotatable bonds is 2. The molecule has 5 heteroatoms. The van der Waals surface area contributed by atoms with Crippen molar-refractivity contribution >= 4 is 17.7 Å². The molecule has 2 heterocycles. The Hall–Kier alpha value is -2.95. The SMILES string of the molecule is Cc1ccc(C(=O)N2CCC(N3C(=O)c4ccccc4C3=O)CC2)cc1. The minimum absolute atomic E-state index is 0.00538. The smallest absolute Gasteiger partial charge is 0.261 e. The van der Waals surface area contributed by atoms with Crippen LogP contribution in [-0.4, -0.2) is 46.7 Å². The second kappa shape index (κ2) is 6.41. The van der Waals surface area contributed by atoms with Gasteiger partial charge >= 0.3 is 0 Å². The Morgan fingerprint density at radius 3 is 1.96 bits per heavy atom. The standard InChI is InChI=1S/C21H20N2O3/c1-14-6-8-15(9-7-14)19(24)22-12-10-16(11-13-22)23-20(25)17-4-2-3-5-18(17)21(23)26/h2-9,16H,10-13H2,1H3. The summed E-state index contributed by atoms with van der Waals surface area (Å²) in [6.45, 7) is 3.08. The molecule has 0 spiro atoms. The number of aryl methyl sites for hydroxylation is 1. The summed E-state index contributed by atoms with van der Waals surface area (Å²) in [6, 6.07) is 14.3. The lowest BCUT2D eigenvalue weighted by Crippen LogP contribution is -2.48. The highest BCUT2D eigenvalue weighted by Crippen LogP contribution is 2.28. The van der Waals surface area contributed by atoms with Gasteiger partial charge in [0.1, 0.15) is 0 Å². The van der Waals surface area contributed by atoms with Crippen LogP contribution in [0.5, 0.6) is 0 Å². The van der Waals surface area contributed by atoms with Crippen molar-refractivity contribution in [1.29, 1.82) is 0 Å². The zero-order valence-corrected chi connectivity index (χ0v) is 14.6. The zero-order chi connectivity index (χ0) is 18.3. The molecule has 0 N–H and O–H groups in total. The van der Waals surface area contributed by atoms with Crippen LogP contribution >= 0.6 is 0 Å². The molecule has 0 saturated carbocycles. The van der Waals surface area contributed by atoms with Gasteiger partial charge in [-0.15, -0.1) is 0 Å². The molecule has 2 aliphatic rings. The number of imide groups is 1. The van der Waals surface area contributed by atoms with Gasteiger partial charge < -0.3 is 4.90 Å². The predicted molar refractivity (Wildman–Crippen MR) is 97.0 cm³/mol. The summed E-state index contributed by atoms with van der Waals surface area (Å²) in [5.41, 5.74) is 2.76. The fourth-order valence-corrected chi connectivity index (χ4v) is 3.75. The number of hydrogen-bond acceptors (Lipinski definition) is 3. The van der Waals surface area contributed by atoms with Crippen molar-refractivity contribution in [2.75, 3.05) is 13.1 Å². The number of carbonyl (C=O) groups is 3. The topological polar surface area (TPSA) is 57.7 Å². The molecule has 0 radical (unpaired) electrons. The molecule has 0 aliphatic carbocycles. The number of fused-ring (bicyclic) bond motifs is 1. The van der Waals surface area contributed by atoms with Gasteiger partial charge in [0.05, 0.1) is 11.1 Å². The maximum atomic E-state index is 12.6. The first kappa shape index (κ1) is 16.5. The summed E-state index contributed by atoms with van der Waals surface area (Å²) in [4.78, 5) is 41.0. The van der Waals surface area contributed by atoms with E-state index in [2.05, 4.69) is 0 Å². The van der Waals surface area contributed by atoms with Crippen LogP contribution in [0, 0.1) is 6.92 Å². The molecule has 132 valence electrons. The Morgan fingerprint density at radius 2 is 1.42 bits per heavy atom. The van der Waals surface area contributed by atoms with E-state index < -0.39 is 0 Å². The molecule has 5 nitrogen and oxygen atoms in total. The number of hydrogen-bond donors (Lipinski definition) is 0. The number of nitrogens with zero attached hydrogens (tertiary/aromatic N) is 2. The molecular formula is C21H20N2O3. The maximum absolute atomic E-state index is 12.6. The van der Waals surface area contributed by atoms with Crippen molar-refractivity contribution in [2.45, 2.75) is 25.8 Å². The summed E-state index contributed by atoms with van der Waals surface area (Å²) in [5, 5.41) is 0. The van der Waals surface area contributed by atoms with Crippen LogP contribution in [-0.2, 0) is 0 Å². The van der Waals surface area contributed by atoms with Crippen molar-refractivity contribution in [2.24, 2.45) is 0 Å². The van der Waals surface area contributed by atoms with E-state index in [1.165, 1.54) is 4.90 Å². The van der Waals surface area contributed by atoms with Gasteiger partial charge in [-0.05, 0) is 44.0 Å². The van der Waals surface area contributed by atoms with E-state index in [1.54, 1.807) is 29.2 Å². The van der Waals surface area contributed by atoms with Crippen molar-refractivity contribution in [1.82, 2.24) is 9.80 Å². The molecule has 4 rings (SSSR count). The molecule has 0 unspecified atom stereocenters. The van der Waals surface area contributed by atoms with Crippen molar-refractivity contribution in [3.63, 3.8) is 0 Å². The summed E-state index contributed by atoms with van der Waals surface area (Å²) >= 11 is 0. The molecule has 2 aliphatic heterocycles. The van der Waals surface area contributed by atoms with Gasteiger partial charge in [0, 0.05) is 24.7 Å². The van der Waals surface area contributed by atoms with Crippen LogP contribution in [0.4, 0.5) is 0 Å². The van der Waals surface area contributed by atoms with Gasteiger partial charge in [0.15, 0.2) is 0 Å². The quantitative estimate of drug-likeness (QED) is 0.784. The molecule has 2 aromatic rings. The second-order valence-electron chi connectivity index (χ2n) is 6.92. The number of amides is 3. The van der Waals surface area contributed by atoms with E-state index >= 15 is 0 Å². The number of benzene rings is 2. The first-order valence-electron chi connectivity index (χ1n) is 8.89. The van der Waals surface area contributed by atoms with Crippen LogP contribution in [0.15, 0.2) is 48.5 Å². The van der Waals surface area contributed by atoms with E-state index in [1.807, 2.05) is 31.2 Å². The molecule has 26 heavy (non-hydrogen) atoms. The van der Waals surface area contributed by atoms with Crippen LogP contribution in [0.25, 0.3) is 0 Å². The van der Waals surface area contributed by atoms with Crippen LogP contribution in [0.1, 0.15) is 49.5 Å². The molecule has 1 fully saturated rings. The van der Waals surface area contributed by atoms with E-state index in [9.17, 15) is 14.4 Å². The van der Waals surface area contributed by atoms with E-state index in [-0.39, 0.29) is 23.8 Å². The van der Waals surface area contributed by atoms with E-state index in [0.717, 1.165) is 5.56 Å². The molecule has 0 bridgehead atoms. The third-order valence-electron chi connectivity index (χ3n) is 5.24. The van der Waals surface area contributed by atoms with Gasteiger partial charge in [0.25, 0.3) is 17.7 Å². The number of piperidine rings is 1. The third-order valence-corrected chi connectivity index (χ3v) is 5.24. The van der Waals surface area contributed by atoms with Crippen molar-refractivity contribution in [3.8, 4) is 0 Å². The molecule has 0 atom stereocenters. The fourth-order valence-electron chi connectivity index (χ4n) is 3.75. The molecule has 2 aromatic carbocycles. The lowest BCUT2D eigenvalue weighted by molar-refractivity contribution is 0.0479. The molecule has 3 amide bonds. The lowest BCUT2D eigenvalue weighted by atomic mass is 10.0. The summed E-state index contributed by atoms with van der Waals surface area (Å²) < 4.78 is 0. The molecular weight excluding hydrogens is 328 g/mol. The monoisotopic (exact) mass is 348 g/mol. The van der Waals surface area contributed by atoms with Crippen LogP contribution < -0.4 is 0 Å². The Kier molecular flexibility index (Phi) is 4.07. The fraction of sp³-hybridized carbons (Fsp3) is 0.286. The highest BCUT2D eigenvalue weighted by atomic mass is 16.2. The Bertz CT molecular complexity index is 845. The maximum Gasteiger partial charge on any atom is 0.261 e. The Labute approximate surface area is 152 Å². The van der Waals surface area contributed by atoms with E-state index in [0.29, 0.717) is 42.6 Å². The third kappa shape index (κ3) is 2.69. The summed E-state index contributed by atoms with van der Waals surface area (Å²) in [5.74, 6) is -0.423. The largest absolute Gasteiger partial charge is 0.338 e. The number of likely N-dealkylation sites (tertiary alicyclic amines) is 1. The highest BCUT2D eigenvalue weighted by Gasteiger charge is 2.41. The first-order chi connectivity index (χ1) is 12.6. The summed E-state index contributed by atoms with van der Waals surface area (Å²) in [7, 11) is 0.